The Labute approximate surface area is 125 Å². The predicted octanol–water partition coefficient (Wildman–Crippen LogP) is 2.74. The van der Waals surface area contributed by atoms with E-state index in [0.29, 0.717) is 11.4 Å². The first-order chi connectivity index (χ1) is 10.1. The van der Waals surface area contributed by atoms with Crippen LogP contribution in [0.3, 0.4) is 0 Å². The van der Waals surface area contributed by atoms with E-state index in [0.717, 1.165) is 0 Å². The average molecular weight is 310 g/mol. The van der Waals surface area contributed by atoms with E-state index >= 15 is 0 Å². The highest BCUT2D eigenvalue weighted by Crippen LogP contribution is 2.21. The van der Waals surface area contributed by atoms with E-state index in [-0.39, 0.29) is 17.4 Å². The third-order valence-electron chi connectivity index (χ3n) is 2.54. The first kappa shape index (κ1) is 14.9. The van der Waals surface area contributed by atoms with Crippen LogP contribution in [-0.4, -0.2) is 25.6 Å². The minimum Gasteiger partial charge on any atom is -0.482 e. The first-order valence-corrected chi connectivity index (χ1v) is 6.32. The normalized spacial score (nSPS) is 10.0. The van der Waals surface area contributed by atoms with Crippen LogP contribution in [0.5, 0.6) is 5.75 Å². The Bertz CT molecular complexity index is 652. The van der Waals surface area contributed by atoms with Gasteiger partial charge in [-0.05, 0) is 29.8 Å². The molecular weight excluding hydrogens is 298 g/mol. The lowest BCUT2D eigenvalue weighted by Gasteiger charge is -2.08. The van der Waals surface area contributed by atoms with Crippen LogP contribution in [0.15, 0.2) is 41.0 Å². The molecule has 1 heterocycles. The molecule has 0 aliphatic rings. The van der Waals surface area contributed by atoms with Gasteiger partial charge in [-0.15, -0.1) is 0 Å². The molecule has 1 N–H and O–H groups in total. The van der Waals surface area contributed by atoms with Gasteiger partial charge in [0.15, 0.2) is 6.61 Å². The molecule has 0 fully saturated rings. The summed E-state index contributed by atoms with van der Waals surface area (Å²) >= 11 is 5.73. The molecule has 0 spiro atoms. The summed E-state index contributed by atoms with van der Waals surface area (Å²) in [6.45, 7) is -0.207. The number of esters is 1. The second kappa shape index (κ2) is 6.81. The van der Waals surface area contributed by atoms with Crippen molar-refractivity contribution in [2.24, 2.45) is 0 Å². The summed E-state index contributed by atoms with van der Waals surface area (Å²) in [7, 11) is 1.27. The summed E-state index contributed by atoms with van der Waals surface area (Å²) in [4.78, 5) is 22.9. The molecule has 0 saturated heterocycles. The monoisotopic (exact) mass is 309 g/mol. The van der Waals surface area contributed by atoms with Gasteiger partial charge in [0, 0.05) is 11.8 Å². The fourth-order valence-corrected chi connectivity index (χ4v) is 1.72. The number of hydrogen-bond donors (Lipinski definition) is 1. The van der Waals surface area contributed by atoms with E-state index in [1.165, 1.54) is 19.4 Å². The number of nitrogens with one attached hydrogen (secondary N) is 1. The van der Waals surface area contributed by atoms with E-state index < -0.39 is 11.9 Å². The Hall–Kier alpha value is -2.47. The number of ether oxygens (including phenoxy) is 2. The number of amides is 1. The number of carbonyl (C=O) groups excluding carboxylic acids is 2. The molecule has 1 aromatic carbocycles. The summed E-state index contributed by atoms with van der Waals surface area (Å²) in [5, 5.41) is 2.67. The van der Waals surface area contributed by atoms with Crippen molar-refractivity contribution in [2.75, 3.05) is 19.0 Å². The van der Waals surface area contributed by atoms with Crippen LogP contribution in [-0.2, 0) is 9.53 Å². The molecule has 2 aromatic rings. The Morgan fingerprint density at radius 2 is 2.14 bits per heavy atom. The van der Waals surface area contributed by atoms with E-state index in [2.05, 4.69) is 10.1 Å². The van der Waals surface area contributed by atoms with Gasteiger partial charge in [-0.1, -0.05) is 6.07 Å². The van der Waals surface area contributed by atoms with Gasteiger partial charge in [-0.3, -0.25) is 4.79 Å². The number of rotatable bonds is 5. The lowest BCUT2D eigenvalue weighted by molar-refractivity contribution is -0.142. The number of halogens is 1. The molecule has 1 aromatic heterocycles. The third-order valence-corrected chi connectivity index (χ3v) is 2.83. The molecule has 21 heavy (non-hydrogen) atoms. The van der Waals surface area contributed by atoms with Crippen molar-refractivity contribution in [3.8, 4) is 5.75 Å². The van der Waals surface area contributed by atoms with Crippen LogP contribution < -0.4 is 10.1 Å². The summed E-state index contributed by atoms with van der Waals surface area (Å²) in [5.41, 5.74) is 0.734. The van der Waals surface area contributed by atoms with Crippen LogP contribution in [0.1, 0.15) is 10.4 Å². The minimum absolute atomic E-state index is 0.0191. The number of carbonyl (C=O) groups is 2. The third kappa shape index (κ3) is 4.00. The SMILES string of the molecule is COC(=O)COc1cccc(NC(=O)c2ccoc2Cl)c1. The maximum atomic E-state index is 11.9. The molecule has 6 nitrogen and oxygen atoms in total. The number of anilines is 1. The van der Waals surface area contributed by atoms with Crippen molar-refractivity contribution in [3.05, 3.63) is 47.4 Å². The van der Waals surface area contributed by atoms with Crippen LogP contribution in [0.4, 0.5) is 5.69 Å². The van der Waals surface area contributed by atoms with Crippen LogP contribution in [0, 0.1) is 0 Å². The highest BCUT2D eigenvalue weighted by molar-refractivity contribution is 6.32. The number of hydrogen-bond acceptors (Lipinski definition) is 5. The van der Waals surface area contributed by atoms with Gasteiger partial charge < -0.3 is 19.2 Å². The molecule has 0 aliphatic carbocycles. The molecule has 0 aliphatic heterocycles. The summed E-state index contributed by atoms with van der Waals surface area (Å²) < 4.78 is 14.5. The minimum atomic E-state index is -0.491. The molecule has 0 atom stereocenters. The highest BCUT2D eigenvalue weighted by atomic mass is 35.5. The second-order valence-corrected chi connectivity index (χ2v) is 4.30. The van der Waals surface area contributed by atoms with Crippen molar-refractivity contribution >= 4 is 29.2 Å². The first-order valence-electron chi connectivity index (χ1n) is 5.94. The molecule has 0 saturated carbocycles. The van der Waals surface area contributed by atoms with Crippen molar-refractivity contribution < 1.29 is 23.5 Å². The van der Waals surface area contributed by atoms with Gasteiger partial charge in [0.25, 0.3) is 5.91 Å². The number of methoxy groups -OCH3 is 1. The zero-order valence-corrected chi connectivity index (χ0v) is 11.8. The number of benzene rings is 1. The van der Waals surface area contributed by atoms with Gasteiger partial charge in [0.05, 0.1) is 18.9 Å². The molecule has 0 bridgehead atoms. The fourth-order valence-electron chi connectivity index (χ4n) is 1.52. The highest BCUT2D eigenvalue weighted by Gasteiger charge is 2.13. The Morgan fingerprint density at radius 3 is 2.81 bits per heavy atom. The number of furan rings is 1. The fraction of sp³-hybridized carbons (Fsp3) is 0.143. The van der Waals surface area contributed by atoms with Crippen LogP contribution in [0.2, 0.25) is 5.22 Å². The van der Waals surface area contributed by atoms with Gasteiger partial charge in [0.2, 0.25) is 5.22 Å². The molecule has 110 valence electrons. The molecule has 1 amide bonds. The van der Waals surface area contributed by atoms with Gasteiger partial charge in [-0.25, -0.2) is 4.79 Å². The predicted molar refractivity (Wildman–Crippen MR) is 75.6 cm³/mol. The average Bonchev–Trinajstić information content (AvgIpc) is 2.91. The van der Waals surface area contributed by atoms with Crippen LogP contribution in [0.25, 0.3) is 0 Å². The Morgan fingerprint density at radius 1 is 1.33 bits per heavy atom. The zero-order chi connectivity index (χ0) is 15.2. The van der Waals surface area contributed by atoms with E-state index in [1.54, 1.807) is 24.3 Å². The Balaban J connectivity index is 2.02. The molecule has 2 rings (SSSR count). The standard InChI is InChI=1S/C14H12ClNO5/c1-19-12(17)8-21-10-4-2-3-9(7-10)16-14(18)11-5-6-20-13(11)15/h2-7H,8H2,1H3,(H,16,18). The van der Waals surface area contributed by atoms with Crippen molar-refractivity contribution in [1.82, 2.24) is 0 Å². The van der Waals surface area contributed by atoms with Gasteiger partial charge in [-0.2, -0.15) is 0 Å². The largest absolute Gasteiger partial charge is 0.482 e. The van der Waals surface area contributed by atoms with Gasteiger partial charge in [0.1, 0.15) is 5.75 Å². The lowest BCUT2D eigenvalue weighted by Crippen LogP contribution is -2.13. The Kier molecular flexibility index (Phi) is 4.84. The summed E-state index contributed by atoms with van der Waals surface area (Å²) in [6.07, 6.45) is 1.33. The maximum absolute atomic E-state index is 11.9. The molecule has 0 radical (unpaired) electrons. The van der Waals surface area contributed by atoms with Crippen molar-refractivity contribution in [2.45, 2.75) is 0 Å². The smallest absolute Gasteiger partial charge is 0.343 e. The van der Waals surface area contributed by atoms with E-state index in [4.69, 9.17) is 20.8 Å². The lowest BCUT2D eigenvalue weighted by atomic mass is 10.2. The second-order valence-electron chi connectivity index (χ2n) is 3.95. The topological polar surface area (TPSA) is 77.8 Å². The molecule has 7 heteroatoms. The maximum Gasteiger partial charge on any atom is 0.343 e. The van der Waals surface area contributed by atoms with Crippen molar-refractivity contribution in [3.63, 3.8) is 0 Å². The molecule has 0 unspecified atom stereocenters. The summed E-state index contributed by atoms with van der Waals surface area (Å²) in [5.74, 6) is -0.468. The van der Waals surface area contributed by atoms with Crippen LogP contribution >= 0.6 is 11.6 Å². The zero-order valence-electron chi connectivity index (χ0n) is 11.1. The van der Waals surface area contributed by atoms with Crippen molar-refractivity contribution in [1.29, 1.82) is 0 Å². The quantitative estimate of drug-likeness (QED) is 0.859. The molecular formula is C14H12ClNO5. The van der Waals surface area contributed by atoms with Gasteiger partial charge >= 0.3 is 5.97 Å². The summed E-state index contributed by atoms with van der Waals surface area (Å²) in [6, 6.07) is 8.06. The van der Waals surface area contributed by atoms with E-state index in [1.807, 2.05) is 0 Å². The van der Waals surface area contributed by atoms with E-state index in [9.17, 15) is 9.59 Å².